The molecule has 2 rings (SSSR count). The van der Waals surface area contributed by atoms with E-state index in [0.717, 1.165) is 16.4 Å². The second kappa shape index (κ2) is 6.12. The van der Waals surface area contributed by atoms with Crippen LogP contribution in [0.4, 0.5) is 13.2 Å². The van der Waals surface area contributed by atoms with E-state index in [-0.39, 0.29) is 24.6 Å². The van der Waals surface area contributed by atoms with Crippen molar-refractivity contribution in [2.45, 2.75) is 18.9 Å². The number of halogens is 3. The zero-order valence-corrected chi connectivity index (χ0v) is 13.1. The Labute approximate surface area is 131 Å². The molecule has 1 heterocycles. The average Bonchev–Trinajstić information content (AvgIpc) is 2.81. The van der Waals surface area contributed by atoms with Crippen molar-refractivity contribution in [3.05, 3.63) is 35.4 Å². The lowest BCUT2D eigenvalue weighted by Gasteiger charge is -2.18. The van der Waals surface area contributed by atoms with Gasteiger partial charge in [0, 0.05) is 13.1 Å². The Balaban J connectivity index is 2.26. The second-order valence-corrected chi connectivity index (χ2v) is 7.62. The van der Waals surface area contributed by atoms with Gasteiger partial charge in [0.05, 0.1) is 17.2 Å². The summed E-state index contributed by atoms with van der Waals surface area (Å²) in [6.07, 6.45) is -4.64. The Hall–Kier alpha value is -1.61. The highest BCUT2D eigenvalue weighted by Gasteiger charge is 2.41. The minimum absolute atomic E-state index is 0.00646. The van der Waals surface area contributed by atoms with E-state index in [0.29, 0.717) is 0 Å². The number of carboxylic acids is 1. The second-order valence-electron chi connectivity index (χ2n) is 5.65. The predicted octanol–water partition coefficient (Wildman–Crippen LogP) is 2.19. The Morgan fingerprint density at radius 1 is 1.30 bits per heavy atom. The molecular weight excluding hydrogens is 335 g/mol. The topological polar surface area (TPSA) is 74.7 Å². The number of alkyl halides is 3. The first-order valence-corrected chi connectivity index (χ1v) is 8.49. The molecule has 9 heteroatoms. The molecule has 1 fully saturated rings. The lowest BCUT2D eigenvalue weighted by molar-refractivity contribution is -0.142. The molecule has 5 nitrogen and oxygen atoms in total. The number of rotatable bonds is 4. The number of nitrogens with zero attached hydrogens (tertiary/aromatic N) is 1. The third-order valence-corrected chi connectivity index (χ3v) is 5.71. The zero-order chi connectivity index (χ0) is 17.4. The van der Waals surface area contributed by atoms with Crippen molar-refractivity contribution < 1.29 is 31.5 Å². The molecule has 1 aromatic carbocycles. The highest BCUT2D eigenvalue weighted by Crippen LogP contribution is 2.34. The largest absolute Gasteiger partial charge is 0.481 e. The summed E-state index contributed by atoms with van der Waals surface area (Å²) in [5, 5.41) is 9.04. The maximum atomic E-state index is 12.9. The van der Waals surface area contributed by atoms with Gasteiger partial charge in [0.2, 0.25) is 10.0 Å². The van der Waals surface area contributed by atoms with Gasteiger partial charge >= 0.3 is 12.1 Å². The van der Waals surface area contributed by atoms with Crippen LogP contribution in [0.3, 0.4) is 0 Å². The van der Waals surface area contributed by atoms with E-state index in [9.17, 15) is 26.4 Å². The molecule has 2 atom stereocenters. The molecule has 0 bridgehead atoms. The number of benzene rings is 1. The number of carboxylic acid groups (broad SMARTS) is 1. The highest BCUT2D eigenvalue weighted by atomic mass is 32.2. The van der Waals surface area contributed by atoms with E-state index >= 15 is 0 Å². The fourth-order valence-corrected chi connectivity index (χ4v) is 4.36. The molecule has 0 aliphatic carbocycles. The van der Waals surface area contributed by atoms with Crippen LogP contribution in [-0.4, -0.2) is 36.9 Å². The van der Waals surface area contributed by atoms with Gasteiger partial charge in [0.25, 0.3) is 0 Å². The molecule has 0 spiro atoms. The van der Waals surface area contributed by atoms with Gasteiger partial charge in [-0.1, -0.05) is 25.1 Å². The van der Waals surface area contributed by atoms with Crippen molar-refractivity contribution in [2.75, 3.05) is 13.1 Å². The third-order valence-electron chi connectivity index (χ3n) is 3.95. The minimum atomic E-state index is -4.64. The number of hydrogen-bond acceptors (Lipinski definition) is 3. The van der Waals surface area contributed by atoms with Crippen LogP contribution in [-0.2, 0) is 26.7 Å². The monoisotopic (exact) mass is 351 g/mol. The van der Waals surface area contributed by atoms with E-state index in [1.54, 1.807) is 6.92 Å². The summed E-state index contributed by atoms with van der Waals surface area (Å²) in [5.41, 5.74) is -1.34. The summed E-state index contributed by atoms with van der Waals surface area (Å²) >= 11 is 0. The summed E-state index contributed by atoms with van der Waals surface area (Å²) in [5.74, 6) is -3.14. The highest BCUT2D eigenvalue weighted by molar-refractivity contribution is 7.88. The number of hydrogen-bond donors (Lipinski definition) is 1. The Morgan fingerprint density at radius 2 is 1.91 bits per heavy atom. The van der Waals surface area contributed by atoms with Crippen LogP contribution in [0.5, 0.6) is 0 Å². The quantitative estimate of drug-likeness (QED) is 0.902. The molecule has 1 saturated heterocycles. The SMILES string of the molecule is C[C@@H]1CN(S(=O)(=O)Cc2ccccc2C(F)(F)F)C[C@H]1C(=O)O. The Kier molecular flexibility index (Phi) is 4.72. The van der Waals surface area contributed by atoms with Crippen LogP contribution in [0, 0.1) is 11.8 Å². The van der Waals surface area contributed by atoms with Crippen molar-refractivity contribution in [1.82, 2.24) is 4.31 Å². The van der Waals surface area contributed by atoms with E-state index in [2.05, 4.69) is 0 Å². The molecule has 1 aliphatic rings. The minimum Gasteiger partial charge on any atom is -0.481 e. The maximum Gasteiger partial charge on any atom is 0.416 e. The molecule has 0 saturated carbocycles. The normalized spacial score (nSPS) is 23.1. The third kappa shape index (κ3) is 3.84. The summed E-state index contributed by atoms with van der Waals surface area (Å²) in [6.45, 7) is 1.39. The number of aliphatic carboxylic acids is 1. The molecule has 1 aromatic rings. The summed E-state index contributed by atoms with van der Waals surface area (Å²) in [4.78, 5) is 11.1. The summed E-state index contributed by atoms with van der Waals surface area (Å²) in [6, 6.07) is 4.48. The van der Waals surface area contributed by atoms with Gasteiger partial charge in [0.1, 0.15) is 0 Å². The molecule has 0 radical (unpaired) electrons. The first kappa shape index (κ1) is 17.7. The van der Waals surface area contributed by atoms with Gasteiger partial charge in [-0.25, -0.2) is 12.7 Å². The molecule has 1 aliphatic heterocycles. The Morgan fingerprint density at radius 3 is 2.43 bits per heavy atom. The summed E-state index contributed by atoms with van der Waals surface area (Å²) in [7, 11) is -4.03. The van der Waals surface area contributed by atoms with Crippen molar-refractivity contribution in [1.29, 1.82) is 0 Å². The van der Waals surface area contributed by atoms with Gasteiger partial charge in [-0.15, -0.1) is 0 Å². The smallest absolute Gasteiger partial charge is 0.416 e. The number of carbonyl (C=O) groups is 1. The van der Waals surface area contributed by atoms with Gasteiger partial charge in [-0.3, -0.25) is 4.79 Å². The van der Waals surface area contributed by atoms with Crippen LogP contribution in [0.15, 0.2) is 24.3 Å². The van der Waals surface area contributed by atoms with Crippen molar-refractivity contribution in [2.24, 2.45) is 11.8 Å². The van der Waals surface area contributed by atoms with E-state index in [4.69, 9.17) is 5.11 Å². The van der Waals surface area contributed by atoms with E-state index in [1.165, 1.54) is 12.1 Å². The van der Waals surface area contributed by atoms with Crippen LogP contribution < -0.4 is 0 Å². The van der Waals surface area contributed by atoms with E-state index < -0.39 is 39.4 Å². The first-order valence-electron chi connectivity index (χ1n) is 6.88. The number of sulfonamides is 1. The molecule has 23 heavy (non-hydrogen) atoms. The van der Waals surface area contributed by atoms with Crippen molar-refractivity contribution >= 4 is 16.0 Å². The predicted molar refractivity (Wildman–Crippen MR) is 75.9 cm³/mol. The standard InChI is InChI=1S/C14H16F3NO4S/c1-9-6-18(7-11(9)13(19)20)23(21,22)8-10-4-2-3-5-12(10)14(15,16)17/h2-5,9,11H,6-8H2,1H3,(H,19,20)/t9-,11-/m1/s1. The molecule has 0 aromatic heterocycles. The zero-order valence-electron chi connectivity index (χ0n) is 12.2. The fourth-order valence-electron chi connectivity index (χ4n) is 2.68. The molecule has 0 unspecified atom stereocenters. The van der Waals surface area contributed by atoms with Crippen molar-refractivity contribution in [3.63, 3.8) is 0 Å². The summed E-state index contributed by atoms with van der Waals surface area (Å²) < 4.78 is 64.5. The maximum absolute atomic E-state index is 12.9. The van der Waals surface area contributed by atoms with E-state index in [1.807, 2.05) is 0 Å². The van der Waals surface area contributed by atoms with Crippen LogP contribution in [0.2, 0.25) is 0 Å². The van der Waals surface area contributed by atoms with Gasteiger partial charge < -0.3 is 5.11 Å². The van der Waals surface area contributed by atoms with Crippen LogP contribution >= 0.6 is 0 Å². The fraction of sp³-hybridized carbons (Fsp3) is 0.500. The first-order chi connectivity index (χ1) is 10.5. The molecular formula is C14H16F3NO4S. The van der Waals surface area contributed by atoms with Gasteiger partial charge in [0.15, 0.2) is 0 Å². The lowest BCUT2D eigenvalue weighted by Crippen LogP contribution is -2.31. The average molecular weight is 351 g/mol. The Bertz CT molecular complexity index is 702. The van der Waals surface area contributed by atoms with Gasteiger partial charge in [-0.05, 0) is 17.5 Å². The van der Waals surface area contributed by atoms with Crippen molar-refractivity contribution in [3.8, 4) is 0 Å². The van der Waals surface area contributed by atoms with Crippen LogP contribution in [0.1, 0.15) is 18.1 Å². The van der Waals surface area contributed by atoms with Gasteiger partial charge in [-0.2, -0.15) is 13.2 Å². The molecule has 0 amide bonds. The van der Waals surface area contributed by atoms with Crippen LogP contribution in [0.25, 0.3) is 0 Å². The molecule has 128 valence electrons. The lowest BCUT2D eigenvalue weighted by atomic mass is 9.99. The molecule has 1 N–H and O–H groups in total.